The molecule has 4 rings (SSSR count). The third kappa shape index (κ3) is 3.69. The molecular weight excluding hydrogens is 366 g/mol. The highest BCUT2D eigenvalue weighted by molar-refractivity contribution is 7.15. The van der Waals surface area contributed by atoms with Crippen LogP contribution in [0.2, 0.25) is 0 Å². The predicted octanol–water partition coefficient (Wildman–Crippen LogP) is 3.09. The van der Waals surface area contributed by atoms with Gasteiger partial charge in [-0.25, -0.2) is 0 Å². The van der Waals surface area contributed by atoms with E-state index < -0.39 is 5.41 Å². The molecule has 1 aromatic heterocycles. The molecule has 0 spiro atoms. The molecule has 1 aromatic carbocycles. The highest BCUT2D eigenvalue weighted by Crippen LogP contribution is 2.38. The quantitative estimate of drug-likeness (QED) is 0.846. The molecule has 2 fully saturated rings. The lowest BCUT2D eigenvalue weighted by Gasteiger charge is -2.36. The van der Waals surface area contributed by atoms with Gasteiger partial charge in [0.1, 0.15) is 16.9 Å². The van der Waals surface area contributed by atoms with Crippen LogP contribution in [-0.2, 0) is 19.7 Å². The monoisotopic (exact) mass is 389 g/mol. The molecule has 0 radical (unpaired) electrons. The fourth-order valence-electron chi connectivity index (χ4n) is 3.68. The van der Waals surface area contributed by atoms with Gasteiger partial charge in [0.2, 0.25) is 11.0 Å². The van der Waals surface area contributed by atoms with Gasteiger partial charge >= 0.3 is 0 Å². The summed E-state index contributed by atoms with van der Waals surface area (Å²) in [7, 11) is 1.63. The van der Waals surface area contributed by atoms with Crippen LogP contribution in [0, 0.1) is 0 Å². The molecule has 27 heavy (non-hydrogen) atoms. The minimum absolute atomic E-state index is 0.00628. The van der Waals surface area contributed by atoms with Crippen molar-refractivity contribution in [1.29, 1.82) is 0 Å². The summed E-state index contributed by atoms with van der Waals surface area (Å²) < 4.78 is 16.4. The van der Waals surface area contributed by atoms with Gasteiger partial charge in [-0.2, -0.15) is 0 Å². The minimum Gasteiger partial charge on any atom is -0.497 e. The maximum Gasteiger partial charge on any atom is 0.237 e. The number of aromatic nitrogens is 2. The van der Waals surface area contributed by atoms with Crippen LogP contribution in [0.4, 0.5) is 5.13 Å². The van der Waals surface area contributed by atoms with E-state index in [2.05, 4.69) is 15.5 Å². The van der Waals surface area contributed by atoms with E-state index in [0.29, 0.717) is 31.2 Å². The van der Waals surface area contributed by atoms with Crippen molar-refractivity contribution in [3.63, 3.8) is 0 Å². The number of carbonyl (C=O) groups excluding carboxylic acids is 1. The molecular formula is C19H23N3O4S. The van der Waals surface area contributed by atoms with Crippen molar-refractivity contribution in [1.82, 2.24) is 10.2 Å². The van der Waals surface area contributed by atoms with Gasteiger partial charge in [0.25, 0.3) is 0 Å². The molecule has 0 aliphatic carbocycles. The van der Waals surface area contributed by atoms with E-state index in [1.54, 1.807) is 7.11 Å². The van der Waals surface area contributed by atoms with Crippen LogP contribution in [0.15, 0.2) is 24.3 Å². The summed E-state index contributed by atoms with van der Waals surface area (Å²) in [6.07, 6.45) is 3.25. The van der Waals surface area contributed by atoms with Crippen LogP contribution in [-0.4, -0.2) is 43.0 Å². The van der Waals surface area contributed by atoms with Crippen molar-refractivity contribution in [3.8, 4) is 5.75 Å². The Balaban J connectivity index is 1.55. The topological polar surface area (TPSA) is 82.6 Å². The summed E-state index contributed by atoms with van der Waals surface area (Å²) in [5.74, 6) is 0.706. The third-order valence-corrected chi connectivity index (χ3v) is 6.22. The molecule has 144 valence electrons. The number of methoxy groups -OCH3 is 1. The number of nitrogens with one attached hydrogen (secondary N) is 1. The van der Waals surface area contributed by atoms with E-state index in [4.69, 9.17) is 14.2 Å². The molecule has 8 heteroatoms. The number of nitrogens with zero attached hydrogens (tertiary/aromatic N) is 2. The molecule has 1 N–H and O–H groups in total. The van der Waals surface area contributed by atoms with Gasteiger partial charge in [0.15, 0.2) is 0 Å². The van der Waals surface area contributed by atoms with Crippen LogP contribution in [0.5, 0.6) is 5.75 Å². The molecule has 1 amide bonds. The maximum atomic E-state index is 13.3. The second-order valence-corrected chi connectivity index (χ2v) is 7.83. The first kappa shape index (κ1) is 18.3. The third-order valence-electron chi connectivity index (χ3n) is 5.29. The Morgan fingerprint density at radius 2 is 2.00 bits per heavy atom. The minimum atomic E-state index is -0.639. The second kappa shape index (κ2) is 7.92. The largest absolute Gasteiger partial charge is 0.497 e. The summed E-state index contributed by atoms with van der Waals surface area (Å²) >= 11 is 1.39. The van der Waals surface area contributed by atoms with Crippen molar-refractivity contribution >= 4 is 22.4 Å². The summed E-state index contributed by atoms with van der Waals surface area (Å²) in [4.78, 5) is 13.3. The lowest BCUT2D eigenvalue weighted by Crippen LogP contribution is -2.44. The fourth-order valence-corrected chi connectivity index (χ4v) is 4.50. The first-order valence-corrected chi connectivity index (χ1v) is 10.0. The predicted molar refractivity (Wildman–Crippen MR) is 101 cm³/mol. The van der Waals surface area contributed by atoms with E-state index in [0.717, 1.165) is 35.8 Å². The lowest BCUT2D eigenvalue weighted by atomic mass is 9.73. The SMILES string of the molecule is COc1ccc(C2(C(=O)Nc3nnc([C@@H]4CCCO4)s3)CCOCC2)cc1. The Kier molecular flexibility index (Phi) is 5.38. The maximum absolute atomic E-state index is 13.3. The number of rotatable bonds is 5. The summed E-state index contributed by atoms with van der Waals surface area (Å²) in [6, 6.07) is 7.70. The van der Waals surface area contributed by atoms with Gasteiger partial charge in [-0.3, -0.25) is 10.1 Å². The van der Waals surface area contributed by atoms with Crippen LogP contribution in [0.25, 0.3) is 0 Å². The standard InChI is InChI=1S/C19H23N3O4S/c1-24-14-6-4-13(5-7-14)19(8-11-25-12-9-19)17(23)20-18-22-21-16(27-18)15-3-2-10-26-15/h4-7,15H,2-3,8-12H2,1H3,(H,20,22,23)/t15-/m0/s1. The fraction of sp³-hybridized carbons (Fsp3) is 0.526. The van der Waals surface area contributed by atoms with E-state index >= 15 is 0 Å². The van der Waals surface area contributed by atoms with Crippen molar-refractivity contribution < 1.29 is 19.0 Å². The molecule has 2 aliphatic rings. The van der Waals surface area contributed by atoms with Gasteiger partial charge in [0.05, 0.1) is 12.5 Å². The van der Waals surface area contributed by atoms with Crippen molar-refractivity contribution in [3.05, 3.63) is 34.8 Å². The number of hydrogen-bond donors (Lipinski definition) is 1. The molecule has 1 atom stereocenters. The Morgan fingerprint density at radius 1 is 1.22 bits per heavy atom. The average molecular weight is 389 g/mol. The summed E-state index contributed by atoms with van der Waals surface area (Å²) in [5.41, 5.74) is 0.327. The number of anilines is 1. The van der Waals surface area contributed by atoms with Crippen LogP contribution >= 0.6 is 11.3 Å². The zero-order valence-corrected chi connectivity index (χ0v) is 16.1. The zero-order valence-electron chi connectivity index (χ0n) is 15.3. The number of amides is 1. The molecule has 0 saturated carbocycles. The smallest absolute Gasteiger partial charge is 0.237 e. The number of benzene rings is 1. The van der Waals surface area contributed by atoms with Gasteiger partial charge in [0, 0.05) is 19.8 Å². The Hall–Kier alpha value is -2.03. The van der Waals surface area contributed by atoms with Crippen molar-refractivity contribution in [2.24, 2.45) is 0 Å². The average Bonchev–Trinajstić information content (AvgIpc) is 3.40. The molecule has 3 heterocycles. The van der Waals surface area contributed by atoms with E-state index in [9.17, 15) is 4.79 Å². The number of hydrogen-bond acceptors (Lipinski definition) is 7. The number of carbonyl (C=O) groups is 1. The second-order valence-electron chi connectivity index (χ2n) is 6.82. The normalized spacial score (nSPS) is 21.7. The summed E-state index contributed by atoms with van der Waals surface area (Å²) in [5, 5.41) is 12.7. The molecule has 0 unspecified atom stereocenters. The Morgan fingerprint density at radius 3 is 2.67 bits per heavy atom. The molecule has 7 nitrogen and oxygen atoms in total. The van der Waals surface area contributed by atoms with E-state index in [1.807, 2.05) is 24.3 Å². The van der Waals surface area contributed by atoms with Crippen LogP contribution in [0.1, 0.15) is 42.4 Å². The highest BCUT2D eigenvalue weighted by atomic mass is 32.1. The first-order chi connectivity index (χ1) is 13.2. The van der Waals surface area contributed by atoms with Crippen LogP contribution < -0.4 is 10.1 Å². The highest BCUT2D eigenvalue weighted by Gasteiger charge is 2.42. The lowest BCUT2D eigenvalue weighted by molar-refractivity contribution is -0.125. The van der Waals surface area contributed by atoms with E-state index in [1.165, 1.54) is 11.3 Å². The van der Waals surface area contributed by atoms with Crippen LogP contribution in [0.3, 0.4) is 0 Å². The van der Waals surface area contributed by atoms with Gasteiger partial charge in [-0.05, 0) is 43.4 Å². The first-order valence-electron chi connectivity index (χ1n) is 9.20. The Labute approximate surface area is 162 Å². The Bertz CT molecular complexity index is 781. The summed E-state index contributed by atoms with van der Waals surface area (Å²) in [6.45, 7) is 1.86. The van der Waals surface area contributed by atoms with Gasteiger partial charge in [-0.15, -0.1) is 10.2 Å². The van der Waals surface area contributed by atoms with Gasteiger partial charge < -0.3 is 14.2 Å². The van der Waals surface area contributed by atoms with E-state index in [-0.39, 0.29) is 12.0 Å². The molecule has 0 bridgehead atoms. The van der Waals surface area contributed by atoms with Gasteiger partial charge in [-0.1, -0.05) is 23.5 Å². The number of ether oxygens (including phenoxy) is 3. The molecule has 2 aromatic rings. The van der Waals surface area contributed by atoms with Crippen molar-refractivity contribution in [2.45, 2.75) is 37.2 Å². The van der Waals surface area contributed by atoms with Crippen molar-refractivity contribution in [2.75, 3.05) is 32.2 Å². The molecule has 2 saturated heterocycles. The zero-order chi connectivity index (χ0) is 18.7. The molecule has 2 aliphatic heterocycles.